The number of nitrogens with zero attached hydrogens (tertiary/aromatic N) is 1. The first-order valence-electron chi connectivity index (χ1n) is 8.15. The molecule has 1 aliphatic rings. The van der Waals surface area contributed by atoms with Crippen molar-refractivity contribution in [3.05, 3.63) is 57.0 Å². The largest absolute Gasteiger partial charge is 0.619 e. The van der Waals surface area contributed by atoms with E-state index in [4.69, 9.17) is 27.9 Å². The van der Waals surface area contributed by atoms with Gasteiger partial charge < -0.3 is 14.7 Å². The van der Waals surface area contributed by atoms with Crippen molar-refractivity contribution in [2.75, 3.05) is 6.61 Å². The summed E-state index contributed by atoms with van der Waals surface area (Å²) in [6, 6.07) is 3.99. The number of halogens is 4. The van der Waals surface area contributed by atoms with Gasteiger partial charge in [-0.25, -0.2) is 0 Å². The molecule has 0 N–H and O–H groups in total. The quantitative estimate of drug-likeness (QED) is 0.361. The summed E-state index contributed by atoms with van der Waals surface area (Å²) in [5, 5.41) is 11.4. The van der Waals surface area contributed by atoms with E-state index in [-0.39, 0.29) is 39.3 Å². The molecular formula is C18H15Cl2F2NO4. The van der Waals surface area contributed by atoms with Gasteiger partial charge in [0.25, 0.3) is 0 Å². The Morgan fingerprint density at radius 1 is 1.22 bits per heavy atom. The van der Waals surface area contributed by atoms with Crippen molar-refractivity contribution in [3.63, 3.8) is 0 Å². The fourth-order valence-electron chi connectivity index (χ4n) is 2.44. The number of benzene rings is 1. The number of alkyl halides is 2. The number of carbonyl (C=O) groups excluding carboxylic acids is 1. The summed E-state index contributed by atoms with van der Waals surface area (Å²) >= 11 is 12.0. The van der Waals surface area contributed by atoms with Crippen LogP contribution in [0.3, 0.4) is 0 Å². The summed E-state index contributed by atoms with van der Waals surface area (Å²) < 4.78 is 35.6. The second kappa shape index (κ2) is 8.27. The van der Waals surface area contributed by atoms with Crippen LogP contribution in [-0.4, -0.2) is 19.0 Å². The number of Topliss-reactive ketones (excluding diaryl/α,β-unsaturated/α-hetero) is 1. The van der Waals surface area contributed by atoms with E-state index in [1.807, 2.05) is 0 Å². The highest BCUT2D eigenvalue weighted by atomic mass is 35.5. The maximum Gasteiger partial charge on any atom is 0.387 e. The SMILES string of the molecule is O=C(Cc1c(Cl)c[n+]([O-])cc1Cl)c1ccc(OC(F)F)c(OCC2CC2)c1. The number of aromatic nitrogens is 1. The van der Waals surface area contributed by atoms with Crippen LogP contribution in [0, 0.1) is 11.1 Å². The average Bonchev–Trinajstić information content (AvgIpc) is 3.40. The lowest BCUT2D eigenvalue weighted by atomic mass is 10.0. The Balaban J connectivity index is 1.82. The van der Waals surface area contributed by atoms with Gasteiger partial charge in [0.15, 0.2) is 29.7 Å². The van der Waals surface area contributed by atoms with Crippen LogP contribution in [0.5, 0.6) is 11.5 Å². The van der Waals surface area contributed by atoms with E-state index in [1.54, 1.807) is 0 Å². The molecular weight excluding hydrogens is 403 g/mol. The molecule has 1 heterocycles. The average molecular weight is 418 g/mol. The summed E-state index contributed by atoms with van der Waals surface area (Å²) in [5.41, 5.74) is 0.539. The highest BCUT2D eigenvalue weighted by Gasteiger charge is 2.24. The topological polar surface area (TPSA) is 62.5 Å². The third kappa shape index (κ3) is 5.20. The first-order chi connectivity index (χ1) is 12.8. The normalized spacial score (nSPS) is 13.7. The third-order valence-electron chi connectivity index (χ3n) is 4.05. The number of hydrogen-bond donors (Lipinski definition) is 0. The molecule has 0 radical (unpaired) electrons. The zero-order valence-corrected chi connectivity index (χ0v) is 15.5. The van der Waals surface area contributed by atoms with Gasteiger partial charge in [0.05, 0.1) is 6.61 Å². The molecule has 27 heavy (non-hydrogen) atoms. The maximum atomic E-state index is 12.6. The number of carbonyl (C=O) groups is 1. The Bertz CT molecular complexity index is 836. The summed E-state index contributed by atoms with van der Waals surface area (Å²) in [6.45, 7) is -2.63. The van der Waals surface area contributed by atoms with Gasteiger partial charge in [0.1, 0.15) is 10.0 Å². The number of ketones is 1. The predicted molar refractivity (Wildman–Crippen MR) is 94.7 cm³/mol. The van der Waals surface area contributed by atoms with E-state index in [0.29, 0.717) is 22.8 Å². The molecule has 3 rings (SSSR count). The summed E-state index contributed by atoms with van der Waals surface area (Å²) in [7, 11) is 0. The highest BCUT2D eigenvalue weighted by Crippen LogP contribution is 2.34. The molecule has 1 fully saturated rings. The van der Waals surface area contributed by atoms with Gasteiger partial charge >= 0.3 is 6.61 Å². The minimum Gasteiger partial charge on any atom is -0.619 e. The number of hydrogen-bond acceptors (Lipinski definition) is 4. The van der Waals surface area contributed by atoms with E-state index in [0.717, 1.165) is 25.2 Å². The summed E-state index contributed by atoms with van der Waals surface area (Å²) in [4.78, 5) is 12.6. The smallest absolute Gasteiger partial charge is 0.387 e. The van der Waals surface area contributed by atoms with Crippen LogP contribution in [0.1, 0.15) is 28.8 Å². The Labute approximate surface area is 164 Å². The lowest BCUT2D eigenvalue weighted by molar-refractivity contribution is -0.605. The third-order valence-corrected chi connectivity index (χ3v) is 4.70. The molecule has 1 saturated carbocycles. The van der Waals surface area contributed by atoms with Crippen molar-refractivity contribution >= 4 is 29.0 Å². The van der Waals surface area contributed by atoms with Gasteiger partial charge in [-0.2, -0.15) is 13.5 Å². The van der Waals surface area contributed by atoms with E-state index in [1.165, 1.54) is 18.2 Å². The lowest BCUT2D eigenvalue weighted by Crippen LogP contribution is -2.25. The molecule has 5 nitrogen and oxygen atoms in total. The molecule has 0 unspecified atom stereocenters. The highest BCUT2D eigenvalue weighted by molar-refractivity contribution is 6.36. The predicted octanol–water partition coefficient (Wildman–Crippen LogP) is 4.44. The van der Waals surface area contributed by atoms with Crippen molar-refractivity contribution in [2.24, 2.45) is 5.92 Å². The molecule has 1 aromatic heterocycles. The Morgan fingerprint density at radius 2 is 1.89 bits per heavy atom. The van der Waals surface area contributed by atoms with Crippen molar-refractivity contribution < 1.29 is 27.8 Å². The number of ether oxygens (including phenoxy) is 2. The van der Waals surface area contributed by atoms with E-state index in [2.05, 4.69) is 4.74 Å². The second-order valence-electron chi connectivity index (χ2n) is 6.19. The van der Waals surface area contributed by atoms with Crippen LogP contribution in [0.25, 0.3) is 0 Å². The minimum atomic E-state index is -3.00. The molecule has 0 spiro atoms. The summed E-state index contributed by atoms with van der Waals surface area (Å²) in [5.74, 6) is -0.0205. The molecule has 1 aliphatic carbocycles. The van der Waals surface area contributed by atoms with Gasteiger partial charge in [-0.05, 0) is 37.0 Å². The summed E-state index contributed by atoms with van der Waals surface area (Å²) in [6.07, 6.45) is 4.08. The van der Waals surface area contributed by atoms with Crippen molar-refractivity contribution in [1.29, 1.82) is 0 Å². The Kier molecular flexibility index (Phi) is 6.01. The molecule has 0 amide bonds. The van der Waals surface area contributed by atoms with Crippen LogP contribution in [0.4, 0.5) is 8.78 Å². The molecule has 0 aliphatic heterocycles. The van der Waals surface area contributed by atoms with E-state index >= 15 is 0 Å². The number of pyridine rings is 1. The van der Waals surface area contributed by atoms with Crippen molar-refractivity contribution in [2.45, 2.75) is 25.9 Å². The standard InChI is InChI=1S/C18H15Cl2F2NO4/c19-13-7-23(25)8-14(20)12(13)6-15(24)11-3-4-16(27-18(21)22)17(5-11)26-9-10-1-2-10/h3-5,7-8,10,18H,1-2,6,9H2. The first-order valence-corrected chi connectivity index (χ1v) is 8.90. The molecule has 2 aromatic rings. The Morgan fingerprint density at radius 3 is 2.48 bits per heavy atom. The Hall–Kier alpha value is -2.12. The first kappa shape index (κ1) is 19.6. The maximum absolute atomic E-state index is 12.6. The molecule has 144 valence electrons. The van der Waals surface area contributed by atoms with Gasteiger partial charge in [-0.1, -0.05) is 23.2 Å². The number of rotatable bonds is 8. The zero-order valence-electron chi connectivity index (χ0n) is 14.0. The fourth-order valence-corrected chi connectivity index (χ4v) is 3.02. The van der Waals surface area contributed by atoms with Crippen LogP contribution in [-0.2, 0) is 6.42 Å². The van der Waals surface area contributed by atoms with Gasteiger partial charge in [0, 0.05) is 17.5 Å². The fraction of sp³-hybridized carbons (Fsp3) is 0.333. The van der Waals surface area contributed by atoms with Gasteiger partial charge in [-0.3, -0.25) is 4.79 Å². The monoisotopic (exact) mass is 417 g/mol. The van der Waals surface area contributed by atoms with Crippen LogP contribution >= 0.6 is 23.2 Å². The van der Waals surface area contributed by atoms with Gasteiger partial charge in [0.2, 0.25) is 0 Å². The van der Waals surface area contributed by atoms with E-state index in [9.17, 15) is 18.8 Å². The van der Waals surface area contributed by atoms with Gasteiger partial charge in [-0.15, -0.1) is 0 Å². The lowest BCUT2D eigenvalue weighted by Gasteiger charge is -2.13. The molecule has 1 aromatic carbocycles. The van der Waals surface area contributed by atoms with Crippen LogP contribution < -0.4 is 14.2 Å². The molecule has 0 atom stereocenters. The minimum absolute atomic E-state index is 0.0636. The second-order valence-corrected chi connectivity index (χ2v) is 7.00. The molecule has 0 saturated heterocycles. The molecule has 9 heteroatoms. The van der Waals surface area contributed by atoms with E-state index < -0.39 is 6.61 Å². The van der Waals surface area contributed by atoms with Crippen LogP contribution in [0.2, 0.25) is 10.0 Å². The van der Waals surface area contributed by atoms with Crippen molar-refractivity contribution in [3.8, 4) is 11.5 Å². The zero-order chi connectivity index (χ0) is 19.6. The van der Waals surface area contributed by atoms with Crippen LogP contribution in [0.15, 0.2) is 30.6 Å². The molecule has 0 bridgehead atoms. The van der Waals surface area contributed by atoms with Crippen molar-refractivity contribution in [1.82, 2.24) is 0 Å².